The zero-order valence-corrected chi connectivity index (χ0v) is 14.7. The minimum Gasteiger partial charge on any atom is -0.497 e. The van der Waals surface area contributed by atoms with Crippen LogP contribution in [-0.4, -0.2) is 18.9 Å². The first-order valence-corrected chi connectivity index (χ1v) is 7.92. The van der Waals surface area contributed by atoms with Gasteiger partial charge in [0, 0.05) is 18.3 Å². The summed E-state index contributed by atoms with van der Waals surface area (Å²) in [5, 5.41) is 5.11. The van der Waals surface area contributed by atoms with Crippen LogP contribution >= 0.6 is 0 Å². The summed E-state index contributed by atoms with van der Waals surface area (Å²) in [5.74, 6) is -2.51. The van der Waals surface area contributed by atoms with Gasteiger partial charge in [-0.25, -0.2) is 8.78 Å². The van der Waals surface area contributed by atoms with Crippen LogP contribution in [0.25, 0.3) is 0 Å². The molecule has 0 heterocycles. The summed E-state index contributed by atoms with van der Waals surface area (Å²) in [5.41, 5.74) is -0.488. The minimum absolute atomic E-state index is 0.0740. The lowest BCUT2D eigenvalue weighted by Crippen LogP contribution is -2.44. The molecule has 7 heteroatoms. The molecule has 138 valence electrons. The van der Waals surface area contributed by atoms with Gasteiger partial charge in [-0.15, -0.1) is 0 Å². The first kappa shape index (κ1) is 19.4. The van der Waals surface area contributed by atoms with Gasteiger partial charge in [0.05, 0.1) is 7.11 Å². The predicted octanol–water partition coefficient (Wildman–Crippen LogP) is 3.25. The van der Waals surface area contributed by atoms with Crippen LogP contribution in [0.1, 0.15) is 19.4 Å². The second-order valence-corrected chi connectivity index (χ2v) is 6.24. The number of methoxy groups -OCH3 is 1. The monoisotopic (exact) mass is 362 g/mol. The molecule has 2 rings (SSSR count). The molecule has 0 aliphatic rings. The van der Waals surface area contributed by atoms with Crippen LogP contribution in [0.4, 0.5) is 14.5 Å². The highest BCUT2D eigenvalue weighted by atomic mass is 19.2. The molecule has 0 spiro atoms. The summed E-state index contributed by atoms with van der Waals surface area (Å²) in [6.07, 6.45) is 0. The van der Waals surface area contributed by atoms with Gasteiger partial charge in [0.2, 0.25) is 11.8 Å². The average molecular weight is 362 g/mol. The lowest BCUT2D eigenvalue weighted by atomic mass is 9.90. The van der Waals surface area contributed by atoms with Crippen LogP contribution in [0, 0.1) is 17.0 Å². The van der Waals surface area contributed by atoms with Crippen molar-refractivity contribution in [1.29, 1.82) is 0 Å². The number of halogens is 2. The van der Waals surface area contributed by atoms with Crippen molar-refractivity contribution >= 4 is 17.5 Å². The molecular weight excluding hydrogens is 342 g/mol. The number of carbonyl (C=O) groups excluding carboxylic acids is 2. The zero-order valence-electron chi connectivity index (χ0n) is 14.7. The number of benzene rings is 2. The van der Waals surface area contributed by atoms with Gasteiger partial charge >= 0.3 is 0 Å². The molecule has 2 amide bonds. The molecule has 2 aromatic rings. The van der Waals surface area contributed by atoms with Gasteiger partial charge in [0.1, 0.15) is 11.2 Å². The molecule has 0 fully saturated rings. The fourth-order valence-corrected chi connectivity index (χ4v) is 2.11. The Bertz CT molecular complexity index is 805. The normalized spacial score (nSPS) is 11.0. The maximum Gasteiger partial charge on any atom is 0.239 e. The Labute approximate surface area is 150 Å². The first-order chi connectivity index (χ1) is 12.2. The van der Waals surface area contributed by atoms with E-state index in [1.54, 1.807) is 31.4 Å². The molecule has 0 aromatic heterocycles. The Hall–Kier alpha value is -2.96. The van der Waals surface area contributed by atoms with E-state index in [0.717, 1.165) is 17.7 Å². The molecule has 0 aliphatic heterocycles. The van der Waals surface area contributed by atoms with E-state index in [1.807, 2.05) is 0 Å². The van der Waals surface area contributed by atoms with Crippen molar-refractivity contribution in [3.05, 3.63) is 59.7 Å². The van der Waals surface area contributed by atoms with E-state index in [-0.39, 0.29) is 12.2 Å². The smallest absolute Gasteiger partial charge is 0.239 e. The van der Waals surface area contributed by atoms with Gasteiger partial charge in [-0.3, -0.25) is 9.59 Å². The van der Waals surface area contributed by atoms with Gasteiger partial charge in [0.25, 0.3) is 0 Å². The lowest BCUT2D eigenvalue weighted by Gasteiger charge is -2.23. The molecule has 0 atom stereocenters. The number of nitrogens with one attached hydrogen (secondary N) is 2. The van der Waals surface area contributed by atoms with Crippen LogP contribution in [0.15, 0.2) is 42.5 Å². The maximum absolute atomic E-state index is 13.2. The summed E-state index contributed by atoms with van der Waals surface area (Å²) >= 11 is 0. The molecule has 26 heavy (non-hydrogen) atoms. The van der Waals surface area contributed by atoms with Crippen molar-refractivity contribution in [2.24, 2.45) is 5.41 Å². The summed E-state index contributed by atoms with van der Waals surface area (Å²) < 4.78 is 31.2. The number of carbonyl (C=O) groups is 2. The lowest BCUT2D eigenvalue weighted by molar-refractivity contribution is -0.138. The standard InChI is InChI=1S/C19H20F2N2O3/c1-19(2,18(25)23-13-6-9-15(20)16(21)10-13)17(24)22-11-12-4-7-14(26-3)8-5-12/h4-10H,11H2,1-3H3,(H,22,24)(H,23,25). The van der Waals surface area contributed by atoms with E-state index in [0.29, 0.717) is 5.75 Å². The van der Waals surface area contributed by atoms with Crippen molar-refractivity contribution in [3.63, 3.8) is 0 Å². The fraction of sp³-hybridized carbons (Fsp3) is 0.263. The third-order valence-corrected chi connectivity index (χ3v) is 3.92. The Balaban J connectivity index is 1.98. The summed E-state index contributed by atoms with van der Waals surface area (Å²) in [7, 11) is 1.56. The number of hydrogen-bond acceptors (Lipinski definition) is 3. The summed E-state index contributed by atoms with van der Waals surface area (Å²) in [6.45, 7) is 3.14. The third-order valence-electron chi connectivity index (χ3n) is 3.92. The van der Waals surface area contributed by atoms with Crippen molar-refractivity contribution < 1.29 is 23.1 Å². The van der Waals surface area contributed by atoms with Gasteiger partial charge in [-0.1, -0.05) is 12.1 Å². The predicted molar refractivity (Wildman–Crippen MR) is 93.6 cm³/mol. The van der Waals surface area contributed by atoms with E-state index in [4.69, 9.17) is 4.74 Å². The fourth-order valence-electron chi connectivity index (χ4n) is 2.11. The van der Waals surface area contributed by atoms with Crippen LogP contribution < -0.4 is 15.4 Å². The SMILES string of the molecule is COc1ccc(CNC(=O)C(C)(C)C(=O)Nc2ccc(F)c(F)c2)cc1. The van der Waals surface area contributed by atoms with E-state index in [9.17, 15) is 18.4 Å². The molecule has 2 aromatic carbocycles. The van der Waals surface area contributed by atoms with Crippen LogP contribution in [0.2, 0.25) is 0 Å². The molecular formula is C19H20F2N2O3. The highest BCUT2D eigenvalue weighted by Crippen LogP contribution is 2.21. The molecule has 0 aliphatic carbocycles. The van der Waals surface area contributed by atoms with E-state index in [2.05, 4.69) is 10.6 Å². The van der Waals surface area contributed by atoms with Crippen molar-refractivity contribution in [2.75, 3.05) is 12.4 Å². The van der Waals surface area contributed by atoms with Gasteiger partial charge in [-0.05, 0) is 43.7 Å². The Morgan fingerprint density at radius 2 is 1.65 bits per heavy atom. The second kappa shape index (κ2) is 7.95. The quantitative estimate of drug-likeness (QED) is 0.775. The van der Waals surface area contributed by atoms with Crippen LogP contribution in [0.3, 0.4) is 0 Å². The van der Waals surface area contributed by atoms with E-state index >= 15 is 0 Å². The molecule has 0 radical (unpaired) electrons. The number of amides is 2. The molecule has 0 bridgehead atoms. The van der Waals surface area contributed by atoms with Crippen molar-refractivity contribution in [2.45, 2.75) is 20.4 Å². The van der Waals surface area contributed by atoms with E-state index in [1.165, 1.54) is 19.9 Å². The second-order valence-electron chi connectivity index (χ2n) is 6.24. The molecule has 0 unspecified atom stereocenters. The van der Waals surface area contributed by atoms with Crippen molar-refractivity contribution in [1.82, 2.24) is 5.32 Å². The third kappa shape index (κ3) is 4.56. The van der Waals surface area contributed by atoms with Crippen LogP contribution in [-0.2, 0) is 16.1 Å². The first-order valence-electron chi connectivity index (χ1n) is 7.92. The molecule has 2 N–H and O–H groups in total. The van der Waals surface area contributed by atoms with Gasteiger partial charge in [-0.2, -0.15) is 0 Å². The summed E-state index contributed by atoms with van der Waals surface area (Å²) in [4.78, 5) is 24.7. The zero-order chi connectivity index (χ0) is 19.3. The number of ether oxygens (including phenoxy) is 1. The molecule has 0 saturated heterocycles. The van der Waals surface area contributed by atoms with Gasteiger partial charge < -0.3 is 15.4 Å². The average Bonchev–Trinajstić information content (AvgIpc) is 2.63. The Morgan fingerprint density at radius 3 is 2.23 bits per heavy atom. The number of hydrogen-bond donors (Lipinski definition) is 2. The van der Waals surface area contributed by atoms with E-state index < -0.39 is 28.9 Å². The largest absolute Gasteiger partial charge is 0.497 e. The number of anilines is 1. The Kier molecular flexibility index (Phi) is 5.92. The van der Waals surface area contributed by atoms with Crippen LogP contribution in [0.5, 0.6) is 5.75 Å². The molecule has 0 saturated carbocycles. The topological polar surface area (TPSA) is 67.4 Å². The Morgan fingerprint density at radius 1 is 1.00 bits per heavy atom. The molecule has 5 nitrogen and oxygen atoms in total. The number of rotatable bonds is 6. The highest BCUT2D eigenvalue weighted by molar-refractivity contribution is 6.09. The minimum atomic E-state index is -1.41. The van der Waals surface area contributed by atoms with Gasteiger partial charge in [0.15, 0.2) is 11.6 Å². The van der Waals surface area contributed by atoms with Crippen molar-refractivity contribution in [3.8, 4) is 5.75 Å². The summed E-state index contributed by atoms with van der Waals surface area (Å²) in [6, 6.07) is 10.1. The highest BCUT2D eigenvalue weighted by Gasteiger charge is 2.36. The maximum atomic E-state index is 13.2.